The fraction of sp³-hybridized carbons (Fsp3) is 0.0833. The number of aromatic carboxylic acids is 1. The van der Waals surface area contributed by atoms with Gasteiger partial charge in [0.1, 0.15) is 5.75 Å². The molecule has 0 saturated carbocycles. The van der Waals surface area contributed by atoms with E-state index >= 15 is 0 Å². The molecule has 0 aliphatic rings. The molecule has 0 fully saturated rings. The van der Waals surface area contributed by atoms with E-state index in [1.165, 1.54) is 18.3 Å². The molecule has 0 amide bonds. The van der Waals surface area contributed by atoms with Gasteiger partial charge >= 0.3 is 5.97 Å². The fourth-order valence-electron chi connectivity index (χ4n) is 1.31. The van der Waals surface area contributed by atoms with Crippen molar-refractivity contribution in [3.8, 4) is 11.6 Å². The first kappa shape index (κ1) is 12.7. The van der Waals surface area contributed by atoms with Gasteiger partial charge in [0.25, 0.3) is 0 Å². The van der Waals surface area contributed by atoms with Crippen LogP contribution in [-0.4, -0.2) is 21.0 Å². The van der Waals surface area contributed by atoms with Crippen molar-refractivity contribution >= 4 is 28.6 Å². The van der Waals surface area contributed by atoms with Crippen molar-refractivity contribution in [3.63, 3.8) is 0 Å². The molecule has 0 spiro atoms. The zero-order valence-electron chi connectivity index (χ0n) is 9.42. The lowest BCUT2D eigenvalue weighted by Crippen LogP contribution is -1.99. The molecule has 0 unspecified atom stereocenters. The molecular formula is C12H9IN2O3. The molecule has 0 radical (unpaired) electrons. The summed E-state index contributed by atoms with van der Waals surface area (Å²) in [5, 5.41) is 8.93. The minimum absolute atomic E-state index is 0.173. The molecule has 1 heterocycles. The standard InChI is InChI=1S/C12H9IN2O3/c1-7-11(15-5-4-14-7)18-10-6-8(12(16)17)2-3-9(10)13/h2-6H,1H3,(H,16,17). The van der Waals surface area contributed by atoms with E-state index in [4.69, 9.17) is 9.84 Å². The van der Waals surface area contributed by atoms with Crippen LogP contribution in [0.15, 0.2) is 30.6 Å². The molecule has 6 heteroatoms. The second kappa shape index (κ2) is 5.30. The molecule has 18 heavy (non-hydrogen) atoms. The van der Waals surface area contributed by atoms with Crippen molar-refractivity contribution in [3.05, 3.63) is 45.4 Å². The van der Waals surface area contributed by atoms with Crippen LogP contribution in [0, 0.1) is 10.5 Å². The van der Waals surface area contributed by atoms with E-state index in [9.17, 15) is 4.79 Å². The number of benzene rings is 1. The monoisotopic (exact) mass is 356 g/mol. The molecule has 0 aliphatic carbocycles. The van der Waals surface area contributed by atoms with Gasteiger partial charge < -0.3 is 9.84 Å². The number of ether oxygens (including phenoxy) is 1. The van der Waals surface area contributed by atoms with Crippen molar-refractivity contribution in [2.75, 3.05) is 0 Å². The number of carboxylic acid groups (broad SMARTS) is 1. The smallest absolute Gasteiger partial charge is 0.335 e. The predicted molar refractivity (Wildman–Crippen MR) is 73.0 cm³/mol. The Balaban J connectivity index is 2.37. The van der Waals surface area contributed by atoms with E-state index in [-0.39, 0.29) is 5.56 Å². The number of aromatic nitrogens is 2. The molecule has 0 saturated heterocycles. The number of carboxylic acids is 1. The number of nitrogens with zero attached hydrogens (tertiary/aromatic N) is 2. The van der Waals surface area contributed by atoms with E-state index in [2.05, 4.69) is 32.6 Å². The summed E-state index contributed by atoms with van der Waals surface area (Å²) in [6.07, 6.45) is 3.09. The van der Waals surface area contributed by atoms with Gasteiger partial charge in [-0.05, 0) is 47.7 Å². The summed E-state index contributed by atoms with van der Waals surface area (Å²) in [4.78, 5) is 19.0. The van der Waals surface area contributed by atoms with Crippen LogP contribution in [0.5, 0.6) is 11.6 Å². The summed E-state index contributed by atoms with van der Waals surface area (Å²) in [6, 6.07) is 4.68. The second-order valence-electron chi connectivity index (χ2n) is 3.50. The van der Waals surface area contributed by atoms with Crippen molar-refractivity contribution in [2.24, 2.45) is 0 Å². The average molecular weight is 356 g/mol. The highest BCUT2D eigenvalue weighted by atomic mass is 127. The van der Waals surface area contributed by atoms with E-state index in [1.54, 1.807) is 19.2 Å². The Labute approximate surface area is 117 Å². The highest BCUT2D eigenvalue weighted by molar-refractivity contribution is 14.1. The number of halogens is 1. The lowest BCUT2D eigenvalue weighted by Gasteiger charge is -2.08. The Kier molecular flexibility index (Phi) is 3.75. The molecule has 1 N–H and O–H groups in total. The Morgan fingerprint density at radius 1 is 1.33 bits per heavy atom. The maximum Gasteiger partial charge on any atom is 0.335 e. The molecule has 1 aromatic heterocycles. The summed E-state index contributed by atoms with van der Waals surface area (Å²) >= 11 is 2.07. The lowest BCUT2D eigenvalue weighted by atomic mass is 10.2. The van der Waals surface area contributed by atoms with Gasteiger partial charge in [-0.3, -0.25) is 4.98 Å². The summed E-state index contributed by atoms with van der Waals surface area (Å²) < 4.78 is 6.39. The van der Waals surface area contributed by atoms with Crippen molar-refractivity contribution in [2.45, 2.75) is 6.92 Å². The SMILES string of the molecule is Cc1nccnc1Oc1cc(C(=O)O)ccc1I. The van der Waals surface area contributed by atoms with E-state index in [0.717, 1.165) is 3.57 Å². The molecule has 0 atom stereocenters. The highest BCUT2D eigenvalue weighted by Crippen LogP contribution is 2.27. The van der Waals surface area contributed by atoms with Gasteiger partial charge in [-0.25, -0.2) is 9.78 Å². The normalized spacial score (nSPS) is 10.1. The summed E-state index contributed by atoms with van der Waals surface area (Å²) in [5.74, 6) is -0.163. The first-order valence-corrected chi connectivity index (χ1v) is 6.14. The Hall–Kier alpha value is -1.70. The van der Waals surface area contributed by atoms with E-state index in [0.29, 0.717) is 17.3 Å². The van der Waals surface area contributed by atoms with Gasteiger partial charge in [-0.2, -0.15) is 0 Å². The largest absolute Gasteiger partial charge is 0.478 e. The van der Waals surface area contributed by atoms with Gasteiger partial charge in [0.2, 0.25) is 5.88 Å². The van der Waals surface area contributed by atoms with Crippen molar-refractivity contribution < 1.29 is 14.6 Å². The van der Waals surface area contributed by atoms with Crippen molar-refractivity contribution in [1.82, 2.24) is 9.97 Å². The second-order valence-corrected chi connectivity index (χ2v) is 4.66. The molecule has 2 aromatic rings. The van der Waals surface area contributed by atoms with Crippen LogP contribution in [0.25, 0.3) is 0 Å². The number of carbonyl (C=O) groups is 1. The number of hydrogen-bond donors (Lipinski definition) is 1. The van der Waals surface area contributed by atoms with Gasteiger partial charge in [0.15, 0.2) is 0 Å². The summed E-state index contributed by atoms with van der Waals surface area (Å²) in [5.41, 5.74) is 0.820. The van der Waals surface area contributed by atoms with E-state index in [1.807, 2.05) is 0 Å². The molecule has 92 valence electrons. The van der Waals surface area contributed by atoms with Crippen LogP contribution >= 0.6 is 22.6 Å². The third-order valence-corrected chi connectivity index (χ3v) is 3.11. The fourth-order valence-corrected chi connectivity index (χ4v) is 1.76. The van der Waals surface area contributed by atoms with Crippen LogP contribution in [0.1, 0.15) is 16.1 Å². The summed E-state index contributed by atoms with van der Waals surface area (Å²) in [6.45, 7) is 1.77. The first-order valence-electron chi connectivity index (χ1n) is 5.06. The zero-order chi connectivity index (χ0) is 13.1. The average Bonchev–Trinajstić information content (AvgIpc) is 2.34. The molecular weight excluding hydrogens is 347 g/mol. The lowest BCUT2D eigenvalue weighted by molar-refractivity contribution is 0.0696. The zero-order valence-corrected chi connectivity index (χ0v) is 11.6. The topological polar surface area (TPSA) is 72.3 Å². The van der Waals surface area contributed by atoms with E-state index < -0.39 is 5.97 Å². The van der Waals surface area contributed by atoms with Gasteiger partial charge in [-0.1, -0.05) is 0 Å². The highest BCUT2D eigenvalue weighted by Gasteiger charge is 2.10. The van der Waals surface area contributed by atoms with Crippen molar-refractivity contribution in [1.29, 1.82) is 0 Å². The maximum absolute atomic E-state index is 10.9. The van der Waals surface area contributed by atoms with Crippen LogP contribution in [0.2, 0.25) is 0 Å². The Morgan fingerprint density at radius 2 is 2.06 bits per heavy atom. The molecule has 0 bridgehead atoms. The van der Waals surface area contributed by atoms with Gasteiger partial charge in [-0.15, -0.1) is 0 Å². The molecule has 1 aromatic carbocycles. The number of aryl methyl sites for hydroxylation is 1. The maximum atomic E-state index is 10.9. The molecule has 0 aliphatic heterocycles. The van der Waals surface area contributed by atoms with Crippen LogP contribution in [0.4, 0.5) is 0 Å². The quantitative estimate of drug-likeness (QED) is 0.857. The Bertz CT molecular complexity index is 602. The number of rotatable bonds is 3. The van der Waals surface area contributed by atoms with Crippen LogP contribution in [0.3, 0.4) is 0 Å². The molecule has 5 nitrogen and oxygen atoms in total. The van der Waals surface area contributed by atoms with Crippen LogP contribution < -0.4 is 4.74 Å². The van der Waals surface area contributed by atoms with Gasteiger partial charge in [0.05, 0.1) is 14.8 Å². The summed E-state index contributed by atoms with van der Waals surface area (Å²) in [7, 11) is 0. The first-order chi connectivity index (χ1) is 8.58. The Morgan fingerprint density at radius 3 is 2.72 bits per heavy atom. The van der Waals surface area contributed by atoms with Gasteiger partial charge in [0, 0.05) is 12.4 Å². The minimum Gasteiger partial charge on any atom is -0.478 e. The third-order valence-electron chi connectivity index (χ3n) is 2.22. The van der Waals surface area contributed by atoms with Crippen LogP contribution in [-0.2, 0) is 0 Å². The molecule has 2 rings (SSSR count). The number of hydrogen-bond acceptors (Lipinski definition) is 4. The minimum atomic E-state index is -0.993. The third kappa shape index (κ3) is 2.76. The predicted octanol–water partition coefficient (Wildman–Crippen LogP) is 2.88.